The van der Waals surface area contributed by atoms with Gasteiger partial charge in [0.1, 0.15) is 17.1 Å². The summed E-state index contributed by atoms with van der Waals surface area (Å²) in [5.74, 6) is -0.182. The van der Waals surface area contributed by atoms with Crippen molar-refractivity contribution in [3.05, 3.63) is 29.6 Å². The molecule has 0 aliphatic heterocycles. The molecule has 2 N–H and O–H groups in total. The molecule has 0 bridgehead atoms. The van der Waals surface area contributed by atoms with Crippen molar-refractivity contribution in [1.82, 2.24) is 0 Å². The fourth-order valence-corrected chi connectivity index (χ4v) is 1.84. The molecule has 0 amide bonds. The molecule has 1 rings (SSSR count). The number of ether oxygens (including phenoxy) is 2. The van der Waals surface area contributed by atoms with E-state index in [4.69, 9.17) is 10.5 Å². The molecule has 0 aliphatic carbocycles. The first kappa shape index (κ1) is 16.4. The topological polar surface area (TPSA) is 61.5 Å². The van der Waals surface area contributed by atoms with Gasteiger partial charge in [0.05, 0.1) is 13.7 Å². The first-order chi connectivity index (χ1) is 9.36. The van der Waals surface area contributed by atoms with Crippen LogP contribution in [0.25, 0.3) is 0 Å². The lowest BCUT2D eigenvalue weighted by Crippen LogP contribution is -2.45. The molecule has 1 atom stereocenters. The van der Waals surface area contributed by atoms with E-state index in [-0.39, 0.29) is 5.82 Å². The van der Waals surface area contributed by atoms with Crippen molar-refractivity contribution in [2.24, 2.45) is 5.73 Å². The lowest BCUT2D eigenvalue weighted by molar-refractivity contribution is -0.146. The summed E-state index contributed by atoms with van der Waals surface area (Å²) < 4.78 is 23.2. The van der Waals surface area contributed by atoms with E-state index in [0.717, 1.165) is 18.4 Å². The first-order valence-electron chi connectivity index (χ1n) is 6.63. The molecule has 5 heteroatoms. The molecule has 0 saturated heterocycles. The van der Waals surface area contributed by atoms with Gasteiger partial charge in [-0.15, -0.1) is 0 Å². The highest BCUT2D eigenvalue weighted by Gasteiger charge is 2.28. The number of aryl methyl sites for hydroxylation is 1. The van der Waals surface area contributed by atoms with Gasteiger partial charge in [0.25, 0.3) is 0 Å². The minimum Gasteiger partial charge on any atom is -0.493 e. The number of hydrogen-bond donors (Lipinski definition) is 1. The summed E-state index contributed by atoms with van der Waals surface area (Å²) in [6.07, 6.45) is 1.99. The molecule has 1 aromatic rings. The number of halogens is 1. The zero-order chi connectivity index (χ0) is 15.2. The molecule has 1 aromatic carbocycles. The Labute approximate surface area is 119 Å². The maximum atomic E-state index is 13.1. The number of benzene rings is 1. The number of carbonyl (C=O) groups excluding carboxylic acids is 1. The molecule has 0 heterocycles. The average Bonchev–Trinajstić information content (AvgIpc) is 2.41. The molecule has 112 valence electrons. The largest absolute Gasteiger partial charge is 0.493 e. The lowest BCUT2D eigenvalue weighted by Gasteiger charge is -2.21. The van der Waals surface area contributed by atoms with Crippen LogP contribution in [-0.4, -0.2) is 25.2 Å². The van der Waals surface area contributed by atoms with Crippen LogP contribution in [0.1, 0.15) is 31.7 Å². The first-order valence-corrected chi connectivity index (χ1v) is 6.63. The van der Waals surface area contributed by atoms with Crippen molar-refractivity contribution >= 4 is 5.97 Å². The summed E-state index contributed by atoms with van der Waals surface area (Å²) in [7, 11) is 1.32. The number of nitrogens with two attached hydrogens (primary N) is 1. The summed E-state index contributed by atoms with van der Waals surface area (Å²) in [5, 5.41) is 0. The number of methoxy groups -OCH3 is 1. The third kappa shape index (κ3) is 4.81. The molecule has 0 radical (unpaired) electrons. The Morgan fingerprint density at radius 2 is 2.10 bits per heavy atom. The molecule has 1 unspecified atom stereocenters. The highest BCUT2D eigenvalue weighted by atomic mass is 19.1. The second-order valence-corrected chi connectivity index (χ2v) is 5.12. The normalized spacial score (nSPS) is 13.7. The number of hydrogen-bond acceptors (Lipinski definition) is 4. The number of carbonyl (C=O) groups is 1. The molecular weight excluding hydrogens is 261 g/mol. The van der Waals surface area contributed by atoms with Crippen LogP contribution < -0.4 is 10.5 Å². The predicted octanol–water partition coefficient (Wildman–Crippen LogP) is 2.57. The van der Waals surface area contributed by atoms with E-state index >= 15 is 0 Å². The SMILES string of the molecule is COC(=O)C(C)(N)CCCCOc1cc(F)ccc1C. The molecule has 0 saturated carbocycles. The van der Waals surface area contributed by atoms with Gasteiger partial charge in [-0.2, -0.15) is 0 Å². The lowest BCUT2D eigenvalue weighted by atomic mass is 9.96. The summed E-state index contributed by atoms with van der Waals surface area (Å²) in [6.45, 7) is 3.97. The van der Waals surface area contributed by atoms with Gasteiger partial charge in [0.15, 0.2) is 0 Å². The van der Waals surface area contributed by atoms with Crippen molar-refractivity contribution in [3.63, 3.8) is 0 Å². The van der Waals surface area contributed by atoms with Crippen LogP contribution in [-0.2, 0) is 9.53 Å². The average molecular weight is 283 g/mol. The zero-order valence-electron chi connectivity index (χ0n) is 12.2. The summed E-state index contributed by atoms with van der Waals surface area (Å²) in [6, 6.07) is 4.45. The van der Waals surface area contributed by atoms with E-state index in [2.05, 4.69) is 4.74 Å². The summed E-state index contributed by atoms with van der Waals surface area (Å²) in [5.41, 5.74) is 5.77. The van der Waals surface area contributed by atoms with E-state index in [1.54, 1.807) is 13.0 Å². The van der Waals surface area contributed by atoms with Crippen molar-refractivity contribution in [3.8, 4) is 5.75 Å². The highest BCUT2D eigenvalue weighted by molar-refractivity contribution is 5.79. The van der Waals surface area contributed by atoms with Crippen LogP contribution in [0.4, 0.5) is 4.39 Å². The van der Waals surface area contributed by atoms with Crippen LogP contribution >= 0.6 is 0 Å². The Kier molecular flexibility index (Phi) is 5.95. The standard InChI is InChI=1S/C15H22FNO3/c1-11-6-7-12(16)10-13(11)20-9-5-4-8-15(2,17)14(18)19-3/h6-7,10H,4-5,8-9,17H2,1-3H3. The Hall–Kier alpha value is -1.62. The molecule has 20 heavy (non-hydrogen) atoms. The van der Waals surface area contributed by atoms with Gasteiger partial charge >= 0.3 is 5.97 Å². The van der Waals surface area contributed by atoms with E-state index in [0.29, 0.717) is 18.8 Å². The van der Waals surface area contributed by atoms with Gasteiger partial charge < -0.3 is 15.2 Å². The van der Waals surface area contributed by atoms with Crippen LogP contribution in [0.3, 0.4) is 0 Å². The molecular formula is C15H22FNO3. The molecule has 0 aliphatic rings. The molecule has 0 aromatic heterocycles. The van der Waals surface area contributed by atoms with E-state index in [1.807, 2.05) is 6.92 Å². The van der Waals surface area contributed by atoms with Crippen molar-refractivity contribution < 1.29 is 18.7 Å². The van der Waals surface area contributed by atoms with E-state index in [9.17, 15) is 9.18 Å². The minimum absolute atomic E-state index is 0.314. The van der Waals surface area contributed by atoms with E-state index < -0.39 is 11.5 Å². The fraction of sp³-hybridized carbons (Fsp3) is 0.533. The second-order valence-electron chi connectivity index (χ2n) is 5.12. The Balaban J connectivity index is 2.32. The van der Waals surface area contributed by atoms with Crippen LogP contribution in [0.5, 0.6) is 5.75 Å². The van der Waals surface area contributed by atoms with Crippen molar-refractivity contribution in [2.75, 3.05) is 13.7 Å². The van der Waals surface area contributed by atoms with Gasteiger partial charge in [-0.05, 0) is 44.7 Å². The van der Waals surface area contributed by atoms with Crippen LogP contribution in [0, 0.1) is 12.7 Å². The van der Waals surface area contributed by atoms with Gasteiger partial charge in [-0.1, -0.05) is 6.07 Å². The van der Waals surface area contributed by atoms with Gasteiger partial charge in [-0.3, -0.25) is 4.79 Å². The highest BCUT2D eigenvalue weighted by Crippen LogP contribution is 2.19. The number of esters is 1. The summed E-state index contributed by atoms with van der Waals surface area (Å²) in [4.78, 5) is 11.4. The fourth-order valence-electron chi connectivity index (χ4n) is 1.84. The third-order valence-corrected chi connectivity index (χ3v) is 3.15. The Morgan fingerprint density at radius 3 is 2.75 bits per heavy atom. The predicted molar refractivity (Wildman–Crippen MR) is 75.1 cm³/mol. The molecule has 0 spiro atoms. The van der Waals surface area contributed by atoms with Gasteiger partial charge in [-0.25, -0.2) is 4.39 Å². The maximum Gasteiger partial charge on any atom is 0.325 e. The zero-order valence-corrected chi connectivity index (χ0v) is 12.2. The quantitative estimate of drug-likeness (QED) is 0.617. The van der Waals surface area contributed by atoms with E-state index in [1.165, 1.54) is 19.2 Å². The van der Waals surface area contributed by atoms with Crippen LogP contribution in [0.15, 0.2) is 18.2 Å². The number of unbranched alkanes of at least 4 members (excludes halogenated alkanes) is 1. The smallest absolute Gasteiger partial charge is 0.325 e. The molecule has 4 nitrogen and oxygen atoms in total. The Bertz CT molecular complexity index is 460. The summed E-state index contributed by atoms with van der Waals surface area (Å²) >= 11 is 0. The van der Waals surface area contributed by atoms with Crippen LogP contribution in [0.2, 0.25) is 0 Å². The second kappa shape index (κ2) is 7.24. The molecule has 0 fully saturated rings. The van der Waals surface area contributed by atoms with Gasteiger partial charge in [0.2, 0.25) is 0 Å². The van der Waals surface area contributed by atoms with Gasteiger partial charge in [0, 0.05) is 6.07 Å². The maximum absolute atomic E-state index is 13.1. The van der Waals surface area contributed by atoms with Crippen molar-refractivity contribution in [2.45, 2.75) is 38.6 Å². The minimum atomic E-state index is -0.969. The monoisotopic (exact) mass is 283 g/mol. The Morgan fingerprint density at radius 1 is 1.40 bits per heavy atom. The number of rotatable bonds is 7. The third-order valence-electron chi connectivity index (χ3n) is 3.15. The van der Waals surface area contributed by atoms with Crippen molar-refractivity contribution in [1.29, 1.82) is 0 Å².